The van der Waals surface area contributed by atoms with Crippen molar-refractivity contribution in [1.29, 1.82) is 0 Å². The third-order valence-electron chi connectivity index (χ3n) is 7.23. The predicted molar refractivity (Wildman–Crippen MR) is 159 cm³/mol. The minimum absolute atomic E-state index is 0.0323. The lowest BCUT2D eigenvalue weighted by Crippen LogP contribution is -2.58. The van der Waals surface area contributed by atoms with E-state index in [2.05, 4.69) is 10.3 Å². The van der Waals surface area contributed by atoms with Crippen molar-refractivity contribution in [2.75, 3.05) is 31.6 Å². The van der Waals surface area contributed by atoms with E-state index >= 15 is 4.39 Å². The molecule has 11 heteroatoms. The van der Waals surface area contributed by atoms with Gasteiger partial charge >= 0.3 is 6.09 Å². The van der Waals surface area contributed by atoms with Crippen molar-refractivity contribution in [3.8, 4) is 17.0 Å². The number of carbonyl (C=O) groups is 2. The molecule has 0 radical (unpaired) electrons. The van der Waals surface area contributed by atoms with E-state index in [1.54, 1.807) is 55.0 Å². The molecule has 0 spiro atoms. The number of halogens is 2. The molecule has 3 aromatic rings. The number of nitrogens with zero attached hydrogens (tertiary/aromatic N) is 4. The Bertz CT molecular complexity index is 1540. The van der Waals surface area contributed by atoms with Crippen LogP contribution in [0.25, 0.3) is 11.3 Å². The number of hydrogen-bond donors (Lipinski definition) is 1. The van der Waals surface area contributed by atoms with Gasteiger partial charge in [0.2, 0.25) is 0 Å². The molecule has 42 heavy (non-hydrogen) atoms. The topological polar surface area (TPSA) is 96.9 Å². The van der Waals surface area contributed by atoms with Crippen LogP contribution < -0.4 is 10.1 Å². The minimum Gasteiger partial charge on any atom is -0.489 e. The highest BCUT2D eigenvalue weighted by molar-refractivity contribution is 6.35. The molecule has 0 saturated carbocycles. The molecule has 0 unspecified atom stereocenters. The third-order valence-corrected chi connectivity index (χ3v) is 7.58. The molecule has 1 saturated heterocycles. The normalized spacial score (nSPS) is 16.9. The second-order valence-electron chi connectivity index (χ2n) is 11.9. The fraction of sp³-hybridized carbons (Fsp3) is 0.419. The average molecular weight is 596 g/mol. The zero-order valence-corrected chi connectivity index (χ0v) is 25.4. The Kier molecular flexibility index (Phi) is 8.02. The monoisotopic (exact) mass is 595 g/mol. The lowest BCUT2D eigenvalue weighted by atomic mass is 10.0. The largest absolute Gasteiger partial charge is 0.489 e. The quantitative estimate of drug-likeness (QED) is 0.364. The summed E-state index contributed by atoms with van der Waals surface area (Å²) in [4.78, 5) is 39.6. The van der Waals surface area contributed by atoms with Crippen LogP contribution in [0.1, 0.15) is 62.2 Å². The van der Waals surface area contributed by atoms with Gasteiger partial charge in [-0.15, -0.1) is 0 Å². The number of rotatable bonds is 4. The Morgan fingerprint density at radius 2 is 1.95 bits per heavy atom. The molecule has 2 aliphatic rings. The number of piperazine rings is 1. The maximum atomic E-state index is 15.0. The summed E-state index contributed by atoms with van der Waals surface area (Å²) in [5.74, 6) is -0.486. The van der Waals surface area contributed by atoms with E-state index in [1.165, 1.54) is 6.07 Å². The maximum absolute atomic E-state index is 15.0. The van der Waals surface area contributed by atoms with Crippen LogP contribution in [0.15, 0.2) is 36.5 Å². The van der Waals surface area contributed by atoms with Gasteiger partial charge in [-0.3, -0.25) is 9.78 Å². The zero-order valence-electron chi connectivity index (χ0n) is 24.6. The van der Waals surface area contributed by atoms with Crippen molar-refractivity contribution in [2.45, 2.75) is 59.1 Å². The van der Waals surface area contributed by atoms with Gasteiger partial charge in [0, 0.05) is 31.4 Å². The third kappa shape index (κ3) is 5.72. The molecule has 1 N–H and O–H groups in total. The molecule has 1 atom stereocenters. The standard InChI is InChI=1S/C31H35ClFN5O4/c1-17(2)24-25(18(3)11-12-34-24)35-28-22-27(23(32)26(36-28)20-9-7-8-10-21(20)33)41-16-19-15-37(13-14-38(19)29(22)39)30(40)42-31(4,5)6/h7-12,17,19H,13-16H2,1-6H3,(H,35,36)/t19-/m1/s1. The number of hydrogen-bond acceptors (Lipinski definition) is 7. The smallest absolute Gasteiger partial charge is 0.410 e. The van der Waals surface area contributed by atoms with Gasteiger partial charge < -0.3 is 24.6 Å². The Morgan fingerprint density at radius 1 is 1.21 bits per heavy atom. The molecule has 0 aliphatic carbocycles. The summed E-state index contributed by atoms with van der Waals surface area (Å²) >= 11 is 6.86. The highest BCUT2D eigenvalue weighted by Gasteiger charge is 2.41. The average Bonchev–Trinajstić information content (AvgIpc) is 3.07. The maximum Gasteiger partial charge on any atom is 0.410 e. The first-order chi connectivity index (χ1) is 19.9. The number of aromatic nitrogens is 2. The molecule has 2 aliphatic heterocycles. The number of benzene rings is 1. The number of nitrogens with one attached hydrogen (secondary N) is 1. The van der Waals surface area contributed by atoms with Crippen molar-refractivity contribution < 1.29 is 23.5 Å². The van der Waals surface area contributed by atoms with Gasteiger partial charge in [0.1, 0.15) is 34.4 Å². The van der Waals surface area contributed by atoms with Gasteiger partial charge in [0.05, 0.1) is 23.1 Å². The van der Waals surface area contributed by atoms with Crippen LogP contribution in [-0.4, -0.2) is 69.7 Å². The molecule has 222 valence electrons. The van der Waals surface area contributed by atoms with E-state index in [0.29, 0.717) is 12.2 Å². The van der Waals surface area contributed by atoms with Crippen LogP contribution in [0, 0.1) is 12.7 Å². The molecular weight excluding hydrogens is 561 g/mol. The van der Waals surface area contributed by atoms with E-state index in [1.807, 2.05) is 26.8 Å². The first-order valence-electron chi connectivity index (χ1n) is 14.0. The summed E-state index contributed by atoms with van der Waals surface area (Å²) in [5, 5.41) is 3.38. The van der Waals surface area contributed by atoms with Gasteiger partial charge in [-0.25, -0.2) is 14.2 Å². The van der Waals surface area contributed by atoms with Gasteiger partial charge in [0.25, 0.3) is 5.91 Å². The first kappa shape index (κ1) is 29.6. The van der Waals surface area contributed by atoms with Crippen molar-refractivity contribution in [3.63, 3.8) is 0 Å². The molecule has 1 fully saturated rings. The van der Waals surface area contributed by atoms with E-state index < -0.39 is 23.6 Å². The van der Waals surface area contributed by atoms with Gasteiger partial charge in [-0.05, 0) is 57.4 Å². The van der Waals surface area contributed by atoms with Crippen molar-refractivity contribution in [2.24, 2.45) is 0 Å². The van der Waals surface area contributed by atoms with Gasteiger partial charge in [-0.1, -0.05) is 37.6 Å². The fourth-order valence-corrected chi connectivity index (χ4v) is 5.47. The van der Waals surface area contributed by atoms with Gasteiger partial charge in [-0.2, -0.15) is 0 Å². The molecule has 5 rings (SSSR count). The summed E-state index contributed by atoms with van der Waals surface area (Å²) in [6, 6.07) is 7.58. The number of carbonyl (C=O) groups excluding carboxylic acids is 2. The van der Waals surface area contributed by atoms with Gasteiger partial charge in [0.15, 0.2) is 5.75 Å². The molecular formula is C31H35ClFN5O4. The minimum atomic E-state index is -0.650. The highest BCUT2D eigenvalue weighted by Crippen LogP contribution is 2.44. The van der Waals surface area contributed by atoms with E-state index in [4.69, 9.17) is 26.1 Å². The summed E-state index contributed by atoms with van der Waals surface area (Å²) < 4.78 is 26.8. The van der Waals surface area contributed by atoms with Crippen molar-refractivity contribution in [1.82, 2.24) is 19.8 Å². The summed E-state index contributed by atoms with van der Waals surface area (Å²) in [6.07, 6.45) is 1.29. The van der Waals surface area contributed by atoms with E-state index in [0.717, 1.165) is 11.3 Å². The van der Waals surface area contributed by atoms with Crippen LogP contribution >= 0.6 is 11.6 Å². The number of pyridine rings is 2. The summed E-state index contributed by atoms with van der Waals surface area (Å²) in [6.45, 7) is 12.3. The summed E-state index contributed by atoms with van der Waals surface area (Å²) in [5.41, 5.74) is 2.21. The van der Waals surface area contributed by atoms with Crippen LogP contribution in [0.3, 0.4) is 0 Å². The summed E-state index contributed by atoms with van der Waals surface area (Å²) in [7, 11) is 0. The lowest BCUT2D eigenvalue weighted by molar-refractivity contribution is 0.000958. The SMILES string of the molecule is Cc1ccnc(C(C)C)c1Nc1nc(-c2ccccc2F)c(Cl)c2c1C(=O)N1CCN(C(=O)OC(C)(C)C)C[C@@H]1CO2. The highest BCUT2D eigenvalue weighted by atomic mass is 35.5. The predicted octanol–water partition coefficient (Wildman–Crippen LogP) is 6.57. The number of ether oxygens (including phenoxy) is 2. The zero-order chi connectivity index (χ0) is 30.3. The second-order valence-corrected chi connectivity index (χ2v) is 12.2. The number of anilines is 2. The van der Waals surface area contributed by atoms with Crippen LogP contribution in [0.2, 0.25) is 5.02 Å². The molecule has 4 heterocycles. The van der Waals surface area contributed by atoms with Crippen molar-refractivity contribution in [3.05, 3.63) is 64.2 Å². The first-order valence-corrected chi connectivity index (χ1v) is 14.4. The van der Waals surface area contributed by atoms with E-state index in [9.17, 15) is 9.59 Å². The Labute approximate surface area is 250 Å². The van der Waals surface area contributed by atoms with Crippen LogP contribution in [0.4, 0.5) is 20.7 Å². The van der Waals surface area contributed by atoms with Crippen LogP contribution in [0.5, 0.6) is 5.75 Å². The van der Waals surface area contributed by atoms with E-state index in [-0.39, 0.29) is 64.9 Å². The lowest BCUT2D eigenvalue weighted by Gasteiger charge is -2.40. The molecule has 2 aromatic heterocycles. The fourth-order valence-electron chi connectivity index (χ4n) is 5.18. The second kappa shape index (κ2) is 11.4. The Hall–Kier alpha value is -3.92. The Morgan fingerprint density at radius 3 is 2.64 bits per heavy atom. The molecule has 0 bridgehead atoms. The number of amides is 2. The molecule has 9 nitrogen and oxygen atoms in total. The van der Waals surface area contributed by atoms with Crippen molar-refractivity contribution >= 4 is 35.1 Å². The molecule has 1 aromatic carbocycles. The number of fused-ring (bicyclic) bond motifs is 2. The Balaban J connectivity index is 1.61. The molecule has 2 amide bonds. The number of aryl methyl sites for hydroxylation is 1. The van der Waals surface area contributed by atoms with Crippen LogP contribution in [-0.2, 0) is 4.74 Å².